The molecule has 1 aromatic carbocycles. The molecule has 114 valence electrons. The lowest BCUT2D eigenvalue weighted by atomic mass is 10.1. The van der Waals surface area contributed by atoms with Gasteiger partial charge in [0.15, 0.2) is 4.87 Å². The highest BCUT2D eigenvalue weighted by atomic mass is 35.5. The van der Waals surface area contributed by atoms with E-state index in [1.807, 2.05) is 0 Å². The van der Waals surface area contributed by atoms with Crippen LogP contribution in [0, 0.1) is 0 Å². The van der Waals surface area contributed by atoms with Crippen LogP contribution in [0.4, 0.5) is 0 Å². The number of benzene rings is 1. The fraction of sp³-hybridized carbons (Fsp3) is 0.385. The second kappa shape index (κ2) is 6.44. The minimum atomic E-state index is -1.07. The van der Waals surface area contributed by atoms with Crippen molar-refractivity contribution in [2.45, 2.75) is 10.9 Å². The Morgan fingerprint density at radius 3 is 2.43 bits per heavy atom. The van der Waals surface area contributed by atoms with Gasteiger partial charge in [-0.15, -0.1) is 11.8 Å². The molecule has 21 heavy (non-hydrogen) atoms. The van der Waals surface area contributed by atoms with Crippen LogP contribution in [0.25, 0.3) is 0 Å². The van der Waals surface area contributed by atoms with Gasteiger partial charge in [0.2, 0.25) is 0 Å². The molecule has 0 amide bonds. The summed E-state index contributed by atoms with van der Waals surface area (Å²) in [7, 11) is 2.57. The van der Waals surface area contributed by atoms with Crippen molar-refractivity contribution < 1.29 is 19.1 Å². The van der Waals surface area contributed by atoms with E-state index in [0.29, 0.717) is 15.6 Å². The van der Waals surface area contributed by atoms with Crippen LogP contribution < -0.4 is 5.32 Å². The molecular weight excluding hydrogens is 337 g/mol. The summed E-state index contributed by atoms with van der Waals surface area (Å²) in [6.45, 7) is 0. The summed E-state index contributed by atoms with van der Waals surface area (Å²) in [4.78, 5) is 22.3. The second-order valence-electron chi connectivity index (χ2n) is 4.30. The smallest absolute Gasteiger partial charge is 0.338 e. The van der Waals surface area contributed by atoms with Crippen molar-refractivity contribution in [2.24, 2.45) is 0 Å². The number of methoxy groups -OCH3 is 2. The molecule has 0 bridgehead atoms. The lowest BCUT2D eigenvalue weighted by molar-refractivity contribution is -0.141. The van der Waals surface area contributed by atoms with Gasteiger partial charge in [-0.1, -0.05) is 29.3 Å². The number of carbonyl (C=O) groups excluding carboxylic acids is 2. The average Bonchev–Trinajstić information content (AvgIpc) is 3.19. The Balaban J connectivity index is 2.26. The number of esters is 2. The van der Waals surface area contributed by atoms with Gasteiger partial charge < -0.3 is 9.47 Å². The molecule has 1 N–H and O–H groups in total. The van der Waals surface area contributed by atoms with E-state index >= 15 is 0 Å². The van der Waals surface area contributed by atoms with E-state index in [9.17, 15) is 9.59 Å². The molecule has 0 unspecified atom stereocenters. The third-order valence-electron chi connectivity index (χ3n) is 3.10. The van der Waals surface area contributed by atoms with Gasteiger partial charge >= 0.3 is 11.9 Å². The largest absolute Gasteiger partial charge is 0.468 e. The normalized spacial score (nSPS) is 23.5. The minimum Gasteiger partial charge on any atom is -0.468 e. The number of ether oxygens (including phenoxy) is 2. The molecule has 1 aliphatic heterocycles. The number of halogens is 2. The van der Waals surface area contributed by atoms with Gasteiger partial charge in [-0.3, -0.25) is 10.1 Å². The predicted molar refractivity (Wildman–Crippen MR) is 81.6 cm³/mol. The minimum absolute atomic E-state index is 0.0111. The van der Waals surface area contributed by atoms with Gasteiger partial charge in [-0.2, -0.15) is 0 Å². The molecule has 0 aliphatic carbocycles. The van der Waals surface area contributed by atoms with Crippen molar-refractivity contribution in [3.05, 3.63) is 33.8 Å². The van der Waals surface area contributed by atoms with Gasteiger partial charge in [-0.25, -0.2) is 4.79 Å². The van der Waals surface area contributed by atoms with Gasteiger partial charge in [0, 0.05) is 15.6 Å². The van der Waals surface area contributed by atoms with Crippen LogP contribution >= 0.6 is 35.0 Å². The van der Waals surface area contributed by atoms with E-state index < -0.39 is 22.9 Å². The van der Waals surface area contributed by atoms with Crippen LogP contribution in [0.2, 0.25) is 10.0 Å². The zero-order chi connectivity index (χ0) is 15.6. The molecule has 1 fully saturated rings. The SMILES string of the molecule is COC(=O)CS[C@@]1(C(=O)OC)N[C@@H]1c1c(Cl)cccc1Cl. The standard InChI is InChI=1S/C13H13Cl2NO4S/c1-19-9(17)6-21-13(12(18)20-2)11(16-13)10-7(14)4-3-5-8(10)15/h3-5,11,16H,6H2,1-2H3/t11-,13+/m1/s1. The van der Waals surface area contributed by atoms with Crippen LogP contribution in [-0.4, -0.2) is 36.8 Å². The Morgan fingerprint density at radius 1 is 1.29 bits per heavy atom. The van der Waals surface area contributed by atoms with Crippen molar-refractivity contribution in [1.29, 1.82) is 0 Å². The van der Waals surface area contributed by atoms with Gasteiger partial charge in [-0.05, 0) is 12.1 Å². The van der Waals surface area contributed by atoms with Crippen LogP contribution in [0.3, 0.4) is 0 Å². The summed E-state index contributed by atoms with van der Waals surface area (Å²) < 4.78 is 9.40. The Hall–Kier alpha value is -0.950. The third-order valence-corrected chi connectivity index (χ3v) is 5.12. The van der Waals surface area contributed by atoms with E-state index in [1.165, 1.54) is 14.2 Å². The molecule has 5 nitrogen and oxygen atoms in total. The number of carbonyl (C=O) groups is 2. The Bertz CT molecular complexity index is 563. The summed E-state index contributed by atoms with van der Waals surface area (Å²) in [5.74, 6) is -0.907. The lowest BCUT2D eigenvalue weighted by Crippen LogP contribution is -2.27. The summed E-state index contributed by atoms with van der Waals surface area (Å²) in [5, 5.41) is 3.92. The molecule has 0 radical (unpaired) electrons. The molecule has 0 aromatic heterocycles. The number of hydrogen-bond acceptors (Lipinski definition) is 6. The summed E-state index contributed by atoms with van der Waals surface area (Å²) in [5.41, 5.74) is 0.614. The first-order valence-corrected chi connectivity index (χ1v) is 7.71. The second-order valence-corrected chi connectivity index (χ2v) is 6.34. The molecule has 0 saturated carbocycles. The summed E-state index contributed by atoms with van der Waals surface area (Å²) in [6.07, 6.45) is 0. The van der Waals surface area contributed by atoms with E-state index in [2.05, 4.69) is 10.1 Å². The van der Waals surface area contributed by atoms with Crippen LogP contribution in [-0.2, 0) is 19.1 Å². The van der Waals surface area contributed by atoms with Gasteiger partial charge in [0.1, 0.15) is 0 Å². The van der Waals surface area contributed by atoms with Crippen molar-refractivity contribution in [2.75, 3.05) is 20.0 Å². The predicted octanol–water partition coefficient (Wildman–Crippen LogP) is 2.41. The maximum Gasteiger partial charge on any atom is 0.338 e. The number of nitrogens with one attached hydrogen (secondary N) is 1. The van der Waals surface area contributed by atoms with Crippen molar-refractivity contribution in [1.82, 2.24) is 5.32 Å². The molecular formula is C13H13Cl2NO4S. The van der Waals surface area contributed by atoms with Crippen molar-refractivity contribution >= 4 is 46.9 Å². The summed E-state index contributed by atoms with van der Waals surface area (Å²) >= 11 is 13.4. The average molecular weight is 350 g/mol. The van der Waals surface area contributed by atoms with Crippen LogP contribution in [0.15, 0.2) is 18.2 Å². The fourth-order valence-electron chi connectivity index (χ4n) is 1.98. The van der Waals surface area contributed by atoms with Crippen molar-refractivity contribution in [3.63, 3.8) is 0 Å². The first-order valence-electron chi connectivity index (χ1n) is 5.97. The first kappa shape index (κ1) is 16.4. The van der Waals surface area contributed by atoms with Crippen LogP contribution in [0.5, 0.6) is 0 Å². The molecule has 1 aliphatic rings. The third kappa shape index (κ3) is 3.13. The Morgan fingerprint density at radius 2 is 1.90 bits per heavy atom. The fourth-order valence-corrected chi connectivity index (χ4v) is 3.74. The Kier molecular flexibility index (Phi) is 5.03. The zero-order valence-electron chi connectivity index (χ0n) is 11.3. The molecule has 8 heteroatoms. The monoisotopic (exact) mass is 349 g/mol. The van der Waals surface area contributed by atoms with Gasteiger partial charge in [0.05, 0.1) is 26.0 Å². The molecule has 0 spiro atoms. The first-order chi connectivity index (χ1) is 9.96. The molecule has 1 aromatic rings. The number of thioether (sulfide) groups is 1. The molecule has 1 saturated heterocycles. The van der Waals surface area contributed by atoms with E-state index in [4.69, 9.17) is 27.9 Å². The number of rotatable bonds is 5. The quantitative estimate of drug-likeness (QED) is 0.649. The zero-order valence-corrected chi connectivity index (χ0v) is 13.6. The summed E-state index contributed by atoms with van der Waals surface area (Å²) in [6, 6.07) is 4.68. The maximum atomic E-state index is 12.1. The van der Waals surface area contributed by atoms with Crippen LogP contribution in [0.1, 0.15) is 11.6 Å². The highest BCUT2D eigenvalue weighted by Gasteiger charge is 2.63. The van der Waals surface area contributed by atoms with E-state index in [-0.39, 0.29) is 5.75 Å². The highest BCUT2D eigenvalue weighted by Crippen LogP contribution is 2.53. The molecule has 2 atom stereocenters. The highest BCUT2D eigenvalue weighted by molar-refractivity contribution is 8.02. The van der Waals surface area contributed by atoms with Gasteiger partial charge in [0.25, 0.3) is 0 Å². The van der Waals surface area contributed by atoms with E-state index in [1.54, 1.807) is 18.2 Å². The molecule has 2 rings (SSSR count). The van der Waals surface area contributed by atoms with E-state index in [0.717, 1.165) is 11.8 Å². The molecule has 1 heterocycles. The lowest BCUT2D eigenvalue weighted by Gasteiger charge is -2.13. The maximum absolute atomic E-state index is 12.1. The Labute approximate surface area is 136 Å². The topological polar surface area (TPSA) is 74.5 Å². The number of hydrogen-bond donors (Lipinski definition) is 1. The van der Waals surface area contributed by atoms with Crippen molar-refractivity contribution in [3.8, 4) is 0 Å².